The molecule has 0 aliphatic heterocycles. The number of ether oxygens (including phenoxy) is 2. The number of unbranched alkanes of at least 4 members (excludes halogenated alkanes) is 1. The Labute approximate surface area is 110 Å². The highest BCUT2D eigenvalue weighted by Gasteiger charge is 2.07. The molecular formula is C15H25NO2. The van der Waals surface area contributed by atoms with Crippen LogP contribution in [0.4, 0.5) is 0 Å². The second kappa shape index (κ2) is 8.11. The summed E-state index contributed by atoms with van der Waals surface area (Å²) in [6.07, 6.45) is 4.22. The summed E-state index contributed by atoms with van der Waals surface area (Å²) < 4.78 is 10.5. The average Bonchev–Trinajstić information content (AvgIpc) is 2.37. The van der Waals surface area contributed by atoms with Crippen LogP contribution in [0.5, 0.6) is 5.75 Å². The van der Waals surface area contributed by atoms with Gasteiger partial charge in [0.25, 0.3) is 0 Å². The molecule has 0 atom stereocenters. The Balaban J connectivity index is 2.74. The maximum absolute atomic E-state index is 5.64. The summed E-state index contributed by atoms with van der Waals surface area (Å²) in [7, 11) is 3.46. The van der Waals surface area contributed by atoms with Crippen molar-refractivity contribution in [1.82, 2.24) is 0 Å². The monoisotopic (exact) mass is 251 g/mol. The quantitative estimate of drug-likeness (QED) is 0.722. The van der Waals surface area contributed by atoms with Crippen LogP contribution in [0.3, 0.4) is 0 Å². The van der Waals surface area contributed by atoms with Gasteiger partial charge < -0.3 is 15.2 Å². The number of rotatable bonds is 8. The van der Waals surface area contributed by atoms with E-state index in [0.29, 0.717) is 6.54 Å². The van der Waals surface area contributed by atoms with Crippen molar-refractivity contribution in [2.75, 3.05) is 27.4 Å². The third kappa shape index (κ3) is 4.31. The molecule has 3 heteroatoms. The van der Waals surface area contributed by atoms with Crippen LogP contribution in [-0.2, 0) is 17.6 Å². The van der Waals surface area contributed by atoms with E-state index in [9.17, 15) is 0 Å². The Morgan fingerprint density at radius 1 is 1.06 bits per heavy atom. The maximum Gasteiger partial charge on any atom is 0.122 e. The second-order valence-corrected chi connectivity index (χ2v) is 4.58. The third-order valence-electron chi connectivity index (χ3n) is 3.20. The van der Waals surface area contributed by atoms with E-state index in [-0.39, 0.29) is 0 Å². The lowest BCUT2D eigenvalue weighted by Gasteiger charge is -2.13. The fourth-order valence-electron chi connectivity index (χ4n) is 2.15. The normalized spacial score (nSPS) is 10.7. The zero-order chi connectivity index (χ0) is 13.4. The number of aryl methyl sites for hydroxylation is 2. The molecule has 0 bridgehead atoms. The van der Waals surface area contributed by atoms with Gasteiger partial charge in [-0.05, 0) is 61.9 Å². The summed E-state index contributed by atoms with van der Waals surface area (Å²) in [6.45, 7) is 3.63. The van der Waals surface area contributed by atoms with E-state index in [1.807, 2.05) is 0 Å². The average molecular weight is 251 g/mol. The zero-order valence-electron chi connectivity index (χ0n) is 11.8. The minimum atomic E-state index is 0.655. The predicted molar refractivity (Wildman–Crippen MR) is 75.3 cm³/mol. The smallest absolute Gasteiger partial charge is 0.122 e. The van der Waals surface area contributed by atoms with Gasteiger partial charge in [-0.2, -0.15) is 0 Å². The molecule has 2 N–H and O–H groups in total. The molecule has 0 unspecified atom stereocenters. The first-order chi connectivity index (χ1) is 8.72. The first kappa shape index (κ1) is 15.0. The SMILES string of the molecule is COCCCCc1cc(CCN)c(OC)cc1C. The molecule has 0 aliphatic carbocycles. The Hall–Kier alpha value is -1.06. The zero-order valence-corrected chi connectivity index (χ0v) is 11.8. The van der Waals surface area contributed by atoms with Gasteiger partial charge in [0.1, 0.15) is 5.75 Å². The van der Waals surface area contributed by atoms with Crippen molar-refractivity contribution in [3.63, 3.8) is 0 Å². The number of hydrogen-bond acceptors (Lipinski definition) is 3. The largest absolute Gasteiger partial charge is 0.496 e. The molecule has 0 fully saturated rings. The van der Waals surface area contributed by atoms with Crippen molar-refractivity contribution in [1.29, 1.82) is 0 Å². The van der Waals surface area contributed by atoms with E-state index in [1.54, 1.807) is 14.2 Å². The van der Waals surface area contributed by atoms with Crippen LogP contribution in [0.1, 0.15) is 29.5 Å². The molecule has 0 radical (unpaired) electrons. The van der Waals surface area contributed by atoms with Gasteiger partial charge in [-0.1, -0.05) is 6.07 Å². The summed E-state index contributed by atoms with van der Waals surface area (Å²) in [4.78, 5) is 0. The molecule has 0 saturated carbocycles. The van der Waals surface area contributed by atoms with E-state index in [1.165, 1.54) is 16.7 Å². The summed E-state index contributed by atoms with van der Waals surface area (Å²) in [5.74, 6) is 0.957. The predicted octanol–water partition coefficient (Wildman–Crippen LogP) is 2.47. The lowest BCUT2D eigenvalue weighted by molar-refractivity contribution is 0.193. The van der Waals surface area contributed by atoms with Crippen molar-refractivity contribution in [3.8, 4) is 5.75 Å². The first-order valence-corrected chi connectivity index (χ1v) is 6.58. The molecule has 0 aliphatic rings. The summed E-state index contributed by atoms with van der Waals surface area (Å²) in [5, 5.41) is 0. The van der Waals surface area contributed by atoms with Crippen LogP contribution < -0.4 is 10.5 Å². The van der Waals surface area contributed by atoms with E-state index < -0.39 is 0 Å². The summed E-state index contributed by atoms with van der Waals surface area (Å²) in [5.41, 5.74) is 9.55. The van der Waals surface area contributed by atoms with Crippen LogP contribution in [-0.4, -0.2) is 27.4 Å². The summed E-state index contributed by atoms with van der Waals surface area (Å²) in [6, 6.07) is 4.37. The molecule has 1 aromatic carbocycles. The highest BCUT2D eigenvalue weighted by atomic mass is 16.5. The van der Waals surface area contributed by atoms with Crippen molar-refractivity contribution in [2.24, 2.45) is 5.73 Å². The molecule has 102 valence electrons. The topological polar surface area (TPSA) is 44.5 Å². The van der Waals surface area contributed by atoms with Crippen molar-refractivity contribution in [2.45, 2.75) is 32.6 Å². The Kier molecular flexibility index (Phi) is 6.76. The van der Waals surface area contributed by atoms with Crippen LogP contribution in [0.25, 0.3) is 0 Å². The minimum absolute atomic E-state index is 0.655. The fourth-order valence-corrected chi connectivity index (χ4v) is 2.15. The Bertz CT molecular complexity index is 364. The Morgan fingerprint density at radius 2 is 1.83 bits per heavy atom. The lowest BCUT2D eigenvalue weighted by Crippen LogP contribution is -2.06. The van der Waals surface area contributed by atoms with E-state index in [2.05, 4.69) is 19.1 Å². The van der Waals surface area contributed by atoms with Gasteiger partial charge in [-0.25, -0.2) is 0 Å². The van der Waals surface area contributed by atoms with E-state index in [4.69, 9.17) is 15.2 Å². The first-order valence-electron chi connectivity index (χ1n) is 6.58. The molecule has 3 nitrogen and oxygen atoms in total. The molecular weight excluding hydrogens is 226 g/mol. The van der Waals surface area contributed by atoms with Crippen LogP contribution in [0, 0.1) is 6.92 Å². The van der Waals surface area contributed by atoms with Gasteiger partial charge in [0.15, 0.2) is 0 Å². The van der Waals surface area contributed by atoms with Gasteiger partial charge in [0.05, 0.1) is 7.11 Å². The van der Waals surface area contributed by atoms with E-state index in [0.717, 1.165) is 38.0 Å². The van der Waals surface area contributed by atoms with Crippen molar-refractivity contribution >= 4 is 0 Å². The molecule has 0 spiro atoms. The van der Waals surface area contributed by atoms with Crippen LogP contribution in [0.15, 0.2) is 12.1 Å². The standard InChI is InChI=1S/C15H25NO2/c1-12-10-15(18-3)14(7-8-16)11-13(12)6-4-5-9-17-2/h10-11H,4-9,16H2,1-3H3. The van der Waals surface area contributed by atoms with Gasteiger partial charge in [0, 0.05) is 13.7 Å². The third-order valence-corrected chi connectivity index (χ3v) is 3.20. The molecule has 1 rings (SSSR count). The molecule has 18 heavy (non-hydrogen) atoms. The lowest BCUT2D eigenvalue weighted by atomic mass is 9.98. The molecule has 0 amide bonds. The van der Waals surface area contributed by atoms with Gasteiger partial charge in [-0.3, -0.25) is 0 Å². The number of hydrogen-bond donors (Lipinski definition) is 1. The highest BCUT2D eigenvalue weighted by molar-refractivity contribution is 5.42. The maximum atomic E-state index is 5.64. The molecule has 0 aromatic heterocycles. The fraction of sp³-hybridized carbons (Fsp3) is 0.600. The van der Waals surface area contributed by atoms with Crippen LogP contribution in [0.2, 0.25) is 0 Å². The van der Waals surface area contributed by atoms with Gasteiger partial charge in [-0.15, -0.1) is 0 Å². The Morgan fingerprint density at radius 3 is 2.44 bits per heavy atom. The number of nitrogens with two attached hydrogens (primary N) is 1. The van der Waals surface area contributed by atoms with Crippen LogP contribution >= 0.6 is 0 Å². The molecule has 0 saturated heterocycles. The number of benzene rings is 1. The molecule has 0 heterocycles. The van der Waals surface area contributed by atoms with Gasteiger partial charge in [0.2, 0.25) is 0 Å². The number of methoxy groups -OCH3 is 2. The molecule has 1 aromatic rings. The van der Waals surface area contributed by atoms with E-state index >= 15 is 0 Å². The minimum Gasteiger partial charge on any atom is -0.496 e. The summed E-state index contributed by atoms with van der Waals surface area (Å²) >= 11 is 0. The van der Waals surface area contributed by atoms with Crippen molar-refractivity contribution in [3.05, 3.63) is 28.8 Å². The van der Waals surface area contributed by atoms with Crippen molar-refractivity contribution < 1.29 is 9.47 Å². The van der Waals surface area contributed by atoms with Gasteiger partial charge >= 0.3 is 0 Å². The second-order valence-electron chi connectivity index (χ2n) is 4.58. The highest BCUT2D eigenvalue weighted by Crippen LogP contribution is 2.24.